The van der Waals surface area contributed by atoms with E-state index >= 15 is 0 Å². The Balaban J connectivity index is 1.88. The second kappa shape index (κ2) is 7.87. The van der Waals surface area contributed by atoms with Crippen LogP contribution in [0.15, 0.2) is 33.9 Å². The first kappa shape index (κ1) is 19.6. The minimum atomic E-state index is -0.934. The van der Waals surface area contributed by atoms with Gasteiger partial charge in [-0.3, -0.25) is 19.4 Å². The van der Waals surface area contributed by atoms with Crippen molar-refractivity contribution in [3.05, 3.63) is 50.7 Å². The molecule has 1 atom stereocenters. The molecule has 0 bridgehead atoms. The summed E-state index contributed by atoms with van der Waals surface area (Å²) in [5, 5.41) is 10.5. The van der Waals surface area contributed by atoms with Crippen LogP contribution in [-0.4, -0.2) is 36.5 Å². The molecule has 2 aromatic heterocycles. The quantitative estimate of drug-likeness (QED) is 0.375. The van der Waals surface area contributed by atoms with Gasteiger partial charge in [0.15, 0.2) is 11.2 Å². The van der Waals surface area contributed by atoms with Crippen molar-refractivity contribution in [1.29, 1.82) is 0 Å². The van der Waals surface area contributed by atoms with Crippen molar-refractivity contribution >= 4 is 17.1 Å². The summed E-state index contributed by atoms with van der Waals surface area (Å²) in [6.45, 7) is 2.08. The molecule has 0 spiro atoms. The van der Waals surface area contributed by atoms with Gasteiger partial charge < -0.3 is 14.4 Å². The van der Waals surface area contributed by atoms with Gasteiger partial charge in [0.2, 0.25) is 5.95 Å². The Bertz CT molecular complexity index is 1110. The van der Waals surface area contributed by atoms with E-state index in [0.717, 1.165) is 16.6 Å². The lowest BCUT2D eigenvalue weighted by Crippen LogP contribution is -2.38. The summed E-state index contributed by atoms with van der Waals surface area (Å²) >= 11 is 0. The third kappa shape index (κ3) is 3.51. The molecule has 1 aromatic carbocycles. The van der Waals surface area contributed by atoms with Gasteiger partial charge in [0.05, 0.1) is 6.54 Å². The smallest absolute Gasteiger partial charge is 0.332 e. The summed E-state index contributed by atoms with van der Waals surface area (Å²) in [4.78, 5) is 28.9. The number of ether oxygens (including phenoxy) is 1. The molecule has 0 amide bonds. The molecule has 28 heavy (non-hydrogen) atoms. The molecule has 3 rings (SSSR count). The Morgan fingerprint density at radius 3 is 2.71 bits per heavy atom. The number of aryl methyl sites for hydroxylation is 2. The second-order valence-electron chi connectivity index (χ2n) is 6.53. The Morgan fingerprint density at radius 1 is 1.29 bits per heavy atom. The lowest BCUT2D eigenvalue weighted by atomic mass is 10.2. The van der Waals surface area contributed by atoms with E-state index in [2.05, 4.69) is 10.4 Å². The lowest BCUT2D eigenvalue weighted by molar-refractivity contribution is 0.0938. The first-order chi connectivity index (χ1) is 13.4. The van der Waals surface area contributed by atoms with Crippen LogP contribution < -0.4 is 27.3 Å². The Labute approximate surface area is 160 Å². The Kier molecular flexibility index (Phi) is 5.52. The number of nitrogens with one attached hydrogen (secondary N) is 1. The zero-order valence-corrected chi connectivity index (χ0v) is 16.0. The van der Waals surface area contributed by atoms with E-state index in [9.17, 15) is 14.7 Å². The summed E-state index contributed by atoms with van der Waals surface area (Å²) in [6.07, 6.45) is -0.0503. The van der Waals surface area contributed by atoms with E-state index in [4.69, 9.17) is 10.6 Å². The summed E-state index contributed by atoms with van der Waals surface area (Å²) in [6, 6.07) is 7.62. The highest BCUT2D eigenvalue weighted by atomic mass is 16.5. The SMILES string of the molecule is CCc1cccc(OCC(O)Cn2c(NN)nc3c2c(=O)n(C)c(=O)n3C)c1. The molecule has 0 radical (unpaired) electrons. The van der Waals surface area contributed by atoms with Crippen molar-refractivity contribution in [3.63, 3.8) is 0 Å². The number of aliphatic hydroxyl groups excluding tert-OH is 1. The number of rotatable bonds is 7. The van der Waals surface area contributed by atoms with Crippen LogP contribution in [0.25, 0.3) is 11.2 Å². The average molecular weight is 388 g/mol. The number of anilines is 1. The van der Waals surface area contributed by atoms with Crippen molar-refractivity contribution in [1.82, 2.24) is 18.7 Å². The molecular weight excluding hydrogens is 364 g/mol. The van der Waals surface area contributed by atoms with Crippen LogP contribution in [0.4, 0.5) is 5.95 Å². The van der Waals surface area contributed by atoms with Crippen LogP contribution in [0.5, 0.6) is 5.75 Å². The van der Waals surface area contributed by atoms with E-state index in [1.807, 2.05) is 31.2 Å². The fourth-order valence-electron chi connectivity index (χ4n) is 3.05. The van der Waals surface area contributed by atoms with Gasteiger partial charge in [0.1, 0.15) is 18.5 Å². The standard InChI is InChI=1S/C18H24N6O4/c1-4-11-6-5-7-13(8-11)28-10-12(25)9-24-14-15(20-17(24)21-19)22(2)18(27)23(3)16(14)26/h5-8,12,25H,4,9-10,19H2,1-3H3,(H,20,21). The van der Waals surface area contributed by atoms with Crippen molar-refractivity contribution in [3.8, 4) is 5.75 Å². The summed E-state index contributed by atoms with van der Waals surface area (Å²) < 4.78 is 9.36. The second-order valence-corrected chi connectivity index (χ2v) is 6.53. The van der Waals surface area contributed by atoms with Gasteiger partial charge in [-0.2, -0.15) is 4.98 Å². The molecule has 0 aliphatic rings. The van der Waals surface area contributed by atoms with Crippen molar-refractivity contribution in [2.75, 3.05) is 12.0 Å². The summed E-state index contributed by atoms with van der Waals surface area (Å²) in [5.74, 6) is 6.34. The van der Waals surface area contributed by atoms with Crippen LogP contribution in [0.1, 0.15) is 12.5 Å². The van der Waals surface area contributed by atoms with E-state index in [1.54, 1.807) is 0 Å². The maximum atomic E-state index is 12.6. The van der Waals surface area contributed by atoms with Crippen LogP contribution in [0.2, 0.25) is 0 Å². The van der Waals surface area contributed by atoms with Gasteiger partial charge in [-0.05, 0) is 24.1 Å². The molecule has 0 saturated carbocycles. The highest BCUT2D eigenvalue weighted by Crippen LogP contribution is 2.17. The monoisotopic (exact) mass is 388 g/mol. The first-order valence-electron chi connectivity index (χ1n) is 8.90. The average Bonchev–Trinajstić information content (AvgIpc) is 3.07. The predicted molar refractivity (Wildman–Crippen MR) is 105 cm³/mol. The van der Waals surface area contributed by atoms with Crippen LogP contribution in [0, 0.1) is 0 Å². The topological polar surface area (TPSA) is 129 Å². The van der Waals surface area contributed by atoms with Gasteiger partial charge in [0, 0.05) is 14.1 Å². The molecule has 0 aliphatic heterocycles. The van der Waals surface area contributed by atoms with Crippen LogP contribution >= 0.6 is 0 Å². The van der Waals surface area contributed by atoms with Gasteiger partial charge in [-0.15, -0.1) is 0 Å². The molecule has 0 fully saturated rings. The Hall–Kier alpha value is -3.11. The number of imidazole rings is 1. The minimum Gasteiger partial charge on any atom is -0.491 e. The molecule has 0 aliphatic carbocycles. The van der Waals surface area contributed by atoms with Gasteiger partial charge >= 0.3 is 5.69 Å². The maximum Gasteiger partial charge on any atom is 0.332 e. The molecule has 3 aromatic rings. The highest BCUT2D eigenvalue weighted by molar-refractivity contribution is 5.74. The van der Waals surface area contributed by atoms with E-state index in [0.29, 0.717) is 5.75 Å². The molecule has 0 saturated heterocycles. The molecule has 1 unspecified atom stereocenters. The maximum absolute atomic E-state index is 12.6. The molecule has 2 heterocycles. The van der Waals surface area contributed by atoms with Crippen LogP contribution in [-0.2, 0) is 27.1 Å². The third-order valence-corrected chi connectivity index (χ3v) is 4.62. The van der Waals surface area contributed by atoms with Gasteiger partial charge in [-0.25, -0.2) is 10.6 Å². The molecule has 10 heteroatoms. The fraction of sp³-hybridized carbons (Fsp3) is 0.389. The van der Waals surface area contributed by atoms with Crippen LogP contribution in [0.3, 0.4) is 0 Å². The van der Waals surface area contributed by atoms with Crippen molar-refractivity contribution < 1.29 is 9.84 Å². The predicted octanol–water partition coefficient (Wildman–Crippen LogP) is -0.278. The number of fused-ring (bicyclic) bond motifs is 1. The Morgan fingerprint density at radius 2 is 2.04 bits per heavy atom. The number of aliphatic hydroxyl groups is 1. The van der Waals surface area contributed by atoms with E-state index in [-0.39, 0.29) is 30.3 Å². The lowest BCUT2D eigenvalue weighted by Gasteiger charge is -2.15. The summed E-state index contributed by atoms with van der Waals surface area (Å²) in [7, 11) is 2.90. The van der Waals surface area contributed by atoms with Gasteiger partial charge in [-0.1, -0.05) is 19.1 Å². The third-order valence-electron chi connectivity index (χ3n) is 4.62. The highest BCUT2D eigenvalue weighted by Gasteiger charge is 2.20. The number of hydrogen-bond donors (Lipinski definition) is 3. The first-order valence-corrected chi connectivity index (χ1v) is 8.90. The zero-order valence-electron chi connectivity index (χ0n) is 16.0. The van der Waals surface area contributed by atoms with Crippen molar-refractivity contribution in [2.24, 2.45) is 19.9 Å². The largest absolute Gasteiger partial charge is 0.491 e. The number of benzene rings is 1. The number of aromatic nitrogens is 4. The van der Waals surface area contributed by atoms with E-state index in [1.165, 1.54) is 23.2 Å². The van der Waals surface area contributed by atoms with E-state index < -0.39 is 17.4 Å². The van der Waals surface area contributed by atoms with Gasteiger partial charge in [0.25, 0.3) is 5.56 Å². The number of nitrogens with two attached hydrogens (primary N) is 1. The number of nitrogens with zero attached hydrogens (tertiary/aromatic N) is 4. The zero-order chi connectivity index (χ0) is 20.4. The molecule has 150 valence electrons. The molecule has 4 N–H and O–H groups in total. The molecular formula is C18H24N6O4. The summed E-state index contributed by atoms with van der Waals surface area (Å²) in [5.41, 5.74) is 2.88. The van der Waals surface area contributed by atoms with Crippen molar-refractivity contribution in [2.45, 2.75) is 26.0 Å². The number of hydrogen-bond acceptors (Lipinski definition) is 7. The minimum absolute atomic E-state index is 0.0109. The fourth-order valence-corrected chi connectivity index (χ4v) is 3.05. The number of hydrazine groups is 1. The normalized spacial score (nSPS) is 12.3. The molecule has 10 nitrogen and oxygen atoms in total. The number of nitrogen functional groups attached to an aromatic ring is 1.